The van der Waals surface area contributed by atoms with Gasteiger partial charge in [-0.25, -0.2) is 4.79 Å². The minimum Gasteiger partial charge on any atom is -0.495 e. The standard InChI is InChI=1S/C13H20N2O2/c1-10(2)8-9-15(13(14)16)11-6-4-5-7-12(11)17-3/h4-7,10H,8-9H2,1-3H3,(H2,14,16). The van der Waals surface area contributed by atoms with Crippen LogP contribution in [0.15, 0.2) is 24.3 Å². The van der Waals surface area contributed by atoms with E-state index in [1.807, 2.05) is 24.3 Å². The predicted molar refractivity (Wildman–Crippen MR) is 69.4 cm³/mol. The van der Waals surface area contributed by atoms with E-state index in [4.69, 9.17) is 10.5 Å². The fraction of sp³-hybridized carbons (Fsp3) is 0.462. The van der Waals surface area contributed by atoms with E-state index in [0.717, 1.165) is 12.1 Å². The molecule has 0 fully saturated rings. The van der Waals surface area contributed by atoms with Gasteiger partial charge in [-0.2, -0.15) is 0 Å². The SMILES string of the molecule is COc1ccccc1N(CCC(C)C)C(N)=O. The first-order valence-corrected chi connectivity index (χ1v) is 5.76. The third-order valence-electron chi connectivity index (χ3n) is 2.57. The molecule has 0 aliphatic carbocycles. The van der Waals surface area contributed by atoms with Crippen LogP contribution in [0.1, 0.15) is 20.3 Å². The van der Waals surface area contributed by atoms with Gasteiger partial charge >= 0.3 is 6.03 Å². The number of ether oxygens (including phenoxy) is 1. The molecule has 2 N–H and O–H groups in total. The van der Waals surface area contributed by atoms with Crippen molar-refractivity contribution in [2.24, 2.45) is 11.7 Å². The number of para-hydroxylation sites is 2. The molecule has 0 heterocycles. The van der Waals surface area contributed by atoms with Crippen molar-refractivity contribution in [1.29, 1.82) is 0 Å². The summed E-state index contributed by atoms with van der Waals surface area (Å²) in [6.07, 6.45) is 0.904. The Labute approximate surface area is 102 Å². The van der Waals surface area contributed by atoms with Crippen LogP contribution in [0.3, 0.4) is 0 Å². The molecule has 94 valence electrons. The van der Waals surface area contributed by atoms with Crippen LogP contribution in [0.25, 0.3) is 0 Å². The highest BCUT2D eigenvalue weighted by atomic mass is 16.5. The molecule has 1 aromatic rings. The van der Waals surface area contributed by atoms with Crippen LogP contribution in [0.5, 0.6) is 5.75 Å². The second-order valence-corrected chi connectivity index (χ2v) is 4.34. The molecule has 0 aromatic heterocycles. The molecule has 1 aromatic carbocycles. The van der Waals surface area contributed by atoms with Gasteiger partial charge < -0.3 is 10.5 Å². The van der Waals surface area contributed by atoms with Crippen LogP contribution in [-0.4, -0.2) is 19.7 Å². The maximum Gasteiger partial charge on any atom is 0.319 e. The first-order valence-electron chi connectivity index (χ1n) is 5.76. The zero-order chi connectivity index (χ0) is 12.8. The number of rotatable bonds is 5. The lowest BCUT2D eigenvalue weighted by atomic mass is 10.1. The molecular formula is C13H20N2O2. The third-order valence-corrected chi connectivity index (χ3v) is 2.57. The normalized spacial score (nSPS) is 10.4. The first kappa shape index (κ1) is 13.4. The van der Waals surface area contributed by atoms with Crippen molar-refractivity contribution in [3.63, 3.8) is 0 Å². The number of primary amides is 1. The van der Waals surface area contributed by atoms with E-state index in [1.165, 1.54) is 0 Å². The molecule has 0 unspecified atom stereocenters. The van der Waals surface area contributed by atoms with Crippen LogP contribution in [0, 0.1) is 5.92 Å². The topological polar surface area (TPSA) is 55.6 Å². The molecule has 17 heavy (non-hydrogen) atoms. The number of carbonyl (C=O) groups is 1. The molecule has 4 heteroatoms. The number of urea groups is 1. The Morgan fingerprint density at radius 3 is 2.59 bits per heavy atom. The lowest BCUT2D eigenvalue weighted by Gasteiger charge is -2.23. The van der Waals surface area contributed by atoms with Crippen molar-refractivity contribution in [1.82, 2.24) is 0 Å². The third kappa shape index (κ3) is 3.66. The molecule has 0 saturated heterocycles. The van der Waals surface area contributed by atoms with E-state index in [0.29, 0.717) is 18.2 Å². The lowest BCUT2D eigenvalue weighted by Crippen LogP contribution is -2.37. The van der Waals surface area contributed by atoms with Crippen LogP contribution in [0.2, 0.25) is 0 Å². The number of nitrogens with zero attached hydrogens (tertiary/aromatic N) is 1. The van der Waals surface area contributed by atoms with Gasteiger partial charge in [0.2, 0.25) is 0 Å². The second-order valence-electron chi connectivity index (χ2n) is 4.34. The summed E-state index contributed by atoms with van der Waals surface area (Å²) in [7, 11) is 1.58. The fourth-order valence-electron chi connectivity index (χ4n) is 1.59. The molecule has 2 amide bonds. The Balaban J connectivity index is 2.93. The van der Waals surface area contributed by atoms with Gasteiger partial charge in [-0.15, -0.1) is 0 Å². The molecule has 0 spiro atoms. The smallest absolute Gasteiger partial charge is 0.319 e. The molecule has 0 saturated carbocycles. The van der Waals surface area contributed by atoms with Crippen molar-refractivity contribution in [2.75, 3.05) is 18.6 Å². The molecule has 0 radical (unpaired) electrons. The Morgan fingerprint density at radius 2 is 2.06 bits per heavy atom. The quantitative estimate of drug-likeness (QED) is 0.854. The van der Waals surface area contributed by atoms with Gasteiger partial charge in [-0.3, -0.25) is 4.90 Å². The average Bonchev–Trinajstić information content (AvgIpc) is 2.29. The van der Waals surface area contributed by atoms with Gasteiger partial charge in [0.15, 0.2) is 0 Å². The largest absolute Gasteiger partial charge is 0.495 e. The highest BCUT2D eigenvalue weighted by Gasteiger charge is 2.16. The molecule has 0 atom stereocenters. The van der Waals surface area contributed by atoms with Crippen LogP contribution >= 0.6 is 0 Å². The first-order chi connectivity index (χ1) is 8.06. The van der Waals surface area contributed by atoms with Crippen molar-refractivity contribution in [3.05, 3.63) is 24.3 Å². The summed E-state index contributed by atoms with van der Waals surface area (Å²) in [6, 6.07) is 6.94. The fourth-order valence-corrected chi connectivity index (χ4v) is 1.59. The minimum atomic E-state index is -0.449. The molecule has 0 aliphatic heterocycles. The summed E-state index contributed by atoms with van der Waals surface area (Å²) in [5, 5.41) is 0. The Bertz CT molecular complexity index is 377. The number of anilines is 1. The van der Waals surface area contributed by atoms with E-state index in [1.54, 1.807) is 12.0 Å². The van der Waals surface area contributed by atoms with Gasteiger partial charge in [-0.1, -0.05) is 26.0 Å². The number of amides is 2. The van der Waals surface area contributed by atoms with Crippen LogP contribution in [0.4, 0.5) is 10.5 Å². The van der Waals surface area contributed by atoms with Gasteiger partial charge in [-0.05, 0) is 24.5 Å². The second kappa shape index (κ2) is 6.13. The predicted octanol–water partition coefficient (Wildman–Crippen LogP) is 2.63. The maximum atomic E-state index is 11.5. The molecule has 0 aliphatic rings. The molecule has 0 bridgehead atoms. The molecule has 4 nitrogen and oxygen atoms in total. The zero-order valence-electron chi connectivity index (χ0n) is 10.6. The minimum absolute atomic E-state index is 0.449. The summed E-state index contributed by atoms with van der Waals surface area (Å²) < 4.78 is 5.23. The van der Waals surface area contributed by atoms with Crippen molar-refractivity contribution >= 4 is 11.7 Å². The molecular weight excluding hydrogens is 216 g/mol. The Hall–Kier alpha value is -1.71. The van der Waals surface area contributed by atoms with Gasteiger partial charge in [0.1, 0.15) is 5.75 Å². The summed E-state index contributed by atoms with van der Waals surface area (Å²) in [6.45, 7) is 4.83. The number of nitrogens with two attached hydrogens (primary N) is 1. The Kier molecular flexibility index (Phi) is 4.82. The van der Waals surface area contributed by atoms with Crippen LogP contribution in [-0.2, 0) is 0 Å². The zero-order valence-corrected chi connectivity index (χ0v) is 10.6. The summed E-state index contributed by atoms with van der Waals surface area (Å²) in [4.78, 5) is 13.0. The van der Waals surface area contributed by atoms with Gasteiger partial charge in [0.25, 0.3) is 0 Å². The van der Waals surface area contributed by atoms with Crippen LogP contribution < -0.4 is 15.4 Å². The maximum absolute atomic E-state index is 11.5. The summed E-state index contributed by atoms with van der Waals surface area (Å²) in [5.41, 5.74) is 6.14. The van der Waals surface area contributed by atoms with Crippen molar-refractivity contribution < 1.29 is 9.53 Å². The van der Waals surface area contributed by atoms with Gasteiger partial charge in [0, 0.05) is 6.54 Å². The number of hydrogen-bond donors (Lipinski definition) is 1. The molecule has 1 rings (SSSR count). The average molecular weight is 236 g/mol. The number of carbonyl (C=O) groups excluding carboxylic acids is 1. The van der Waals surface area contributed by atoms with Crippen molar-refractivity contribution in [3.8, 4) is 5.75 Å². The highest BCUT2D eigenvalue weighted by Crippen LogP contribution is 2.27. The van der Waals surface area contributed by atoms with E-state index in [9.17, 15) is 4.79 Å². The van der Waals surface area contributed by atoms with Gasteiger partial charge in [0.05, 0.1) is 12.8 Å². The van der Waals surface area contributed by atoms with Crippen molar-refractivity contribution in [2.45, 2.75) is 20.3 Å². The monoisotopic (exact) mass is 236 g/mol. The van der Waals surface area contributed by atoms with E-state index in [-0.39, 0.29) is 0 Å². The summed E-state index contributed by atoms with van der Waals surface area (Å²) >= 11 is 0. The highest BCUT2D eigenvalue weighted by molar-refractivity contribution is 5.92. The lowest BCUT2D eigenvalue weighted by molar-refractivity contribution is 0.253. The van der Waals surface area contributed by atoms with E-state index in [2.05, 4.69) is 13.8 Å². The Morgan fingerprint density at radius 1 is 1.41 bits per heavy atom. The number of hydrogen-bond acceptors (Lipinski definition) is 2. The number of benzene rings is 1. The van der Waals surface area contributed by atoms with E-state index >= 15 is 0 Å². The number of methoxy groups -OCH3 is 1. The summed E-state index contributed by atoms with van der Waals surface area (Å²) in [5.74, 6) is 1.18. The van der Waals surface area contributed by atoms with E-state index < -0.39 is 6.03 Å².